The molecule has 0 saturated carbocycles. The largest absolute Gasteiger partial charge is 0.342 e. The van der Waals surface area contributed by atoms with Crippen LogP contribution in [-0.4, -0.2) is 27.2 Å². The maximum Gasteiger partial charge on any atom is 0.342 e. The molecule has 17 heavy (non-hydrogen) atoms. The van der Waals surface area contributed by atoms with E-state index in [0.717, 1.165) is 0 Å². The van der Waals surface area contributed by atoms with Crippen molar-refractivity contribution < 1.29 is 23.0 Å². The van der Waals surface area contributed by atoms with Crippen molar-refractivity contribution in [2.45, 2.75) is 17.7 Å². The van der Waals surface area contributed by atoms with Crippen molar-refractivity contribution in [3.05, 3.63) is 30.3 Å². The number of hydrogen-bond acceptors (Lipinski definition) is 5. The van der Waals surface area contributed by atoms with Crippen molar-refractivity contribution in [2.24, 2.45) is 0 Å². The third-order valence-electron chi connectivity index (χ3n) is 2.07. The molecule has 0 spiro atoms. The molecule has 6 heteroatoms. The molecule has 0 aliphatic rings. The molecule has 1 aromatic rings. The molecule has 0 fully saturated rings. The van der Waals surface area contributed by atoms with Crippen LogP contribution >= 0.6 is 0 Å². The average molecular weight is 258 g/mol. The van der Waals surface area contributed by atoms with Gasteiger partial charge in [0.05, 0.1) is 17.8 Å². The number of benzene rings is 1. The van der Waals surface area contributed by atoms with Gasteiger partial charge in [-0.2, -0.15) is 4.89 Å². The van der Waals surface area contributed by atoms with E-state index >= 15 is 0 Å². The molecular formula is C11H14O5S. The molecule has 0 atom stereocenters. The van der Waals surface area contributed by atoms with Crippen LogP contribution in [0.1, 0.15) is 12.8 Å². The van der Waals surface area contributed by atoms with E-state index in [0.29, 0.717) is 0 Å². The minimum atomic E-state index is -3.32. The van der Waals surface area contributed by atoms with Crippen molar-refractivity contribution in [2.75, 3.05) is 12.9 Å². The van der Waals surface area contributed by atoms with Gasteiger partial charge in [0, 0.05) is 6.42 Å². The van der Waals surface area contributed by atoms with Gasteiger partial charge in [-0.1, -0.05) is 18.2 Å². The molecule has 0 unspecified atom stereocenters. The molecular weight excluding hydrogens is 244 g/mol. The van der Waals surface area contributed by atoms with Crippen molar-refractivity contribution >= 4 is 15.8 Å². The van der Waals surface area contributed by atoms with Gasteiger partial charge in [-0.3, -0.25) is 4.89 Å². The predicted molar refractivity (Wildman–Crippen MR) is 60.8 cm³/mol. The molecule has 1 aromatic carbocycles. The zero-order chi connectivity index (χ0) is 12.7. The van der Waals surface area contributed by atoms with E-state index < -0.39 is 15.8 Å². The predicted octanol–water partition coefficient (Wildman–Crippen LogP) is 1.35. The van der Waals surface area contributed by atoms with Gasteiger partial charge in [-0.05, 0) is 18.6 Å². The molecule has 0 N–H and O–H groups in total. The maximum absolute atomic E-state index is 11.8. The first-order chi connectivity index (χ1) is 8.06. The molecule has 0 aliphatic carbocycles. The molecule has 0 heterocycles. The summed E-state index contributed by atoms with van der Waals surface area (Å²) in [6.45, 7) is 0. The summed E-state index contributed by atoms with van der Waals surface area (Å²) in [7, 11) is -2.10. The van der Waals surface area contributed by atoms with Crippen LogP contribution in [0, 0.1) is 0 Å². The van der Waals surface area contributed by atoms with Crippen molar-refractivity contribution in [3.8, 4) is 0 Å². The molecule has 0 aromatic heterocycles. The van der Waals surface area contributed by atoms with Gasteiger partial charge in [0.15, 0.2) is 9.84 Å². The van der Waals surface area contributed by atoms with Gasteiger partial charge in [0.1, 0.15) is 0 Å². The van der Waals surface area contributed by atoms with E-state index in [-0.39, 0.29) is 23.5 Å². The van der Waals surface area contributed by atoms with Gasteiger partial charge in [0.25, 0.3) is 0 Å². The van der Waals surface area contributed by atoms with Crippen LogP contribution in [0.5, 0.6) is 0 Å². The van der Waals surface area contributed by atoms with E-state index in [1.165, 1.54) is 19.2 Å². The highest BCUT2D eigenvalue weighted by atomic mass is 32.2. The Morgan fingerprint density at radius 2 is 1.88 bits per heavy atom. The lowest BCUT2D eigenvalue weighted by Crippen LogP contribution is -2.10. The quantitative estimate of drug-likeness (QED) is 0.569. The Morgan fingerprint density at radius 1 is 1.24 bits per heavy atom. The first-order valence-electron chi connectivity index (χ1n) is 5.07. The highest BCUT2D eigenvalue weighted by Gasteiger charge is 2.14. The summed E-state index contributed by atoms with van der Waals surface area (Å²) >= 11 is 0. The van der Waals surface area contributed by atoms with E-state index in [9.17, 15) is 13.2 Å². The van der Waals surface area contributed by atoms with Crippen LogP contribution in [0.15, 0.2) is 35.2 Å². The standard InChI is InChI=1S/C11H14O5S/c1-15-16-11(12)8-5-9-17(13,14)10-6-3-2-4-7-10/h2-4,6-7H,5,8-9H2,1H3. The summed E-state index contributed by atoms with van der Waals surface area (Å²) in [4.78, 5) is 19.6. The second-order valence-electron chi connectivity index (χ2n) is 3.36. The van der Waals surface area contributed by atoms with E-state index in [1.54, 1.807) is 18.2 Å². The Hall–Kier alpha value is -1.40. The molecule has 0 amide bonds. The molecule has 0 saturated heterocycles. The minimum absolute atomic E-state index is 0.0138. The van der Waals surface area contributed by atoms with Crippen LogP contribution < -0.4 is 0 Å². The summed E-state index contributed by atoms with van der Waals surface area (Å²) in [5, 5.41) is 0. The first-order valence-corrected chi connectivity index (χ1v) is 6.73. The normalized spacial score (nSPS) is 11.1. The minimum Gasteiger partial charge on any atom is -0.299 e. The lowest BCUT2D eigenvalue weighted by atomic mass is 10.3. The average Bonchev–Trinajstić information content (AvgIpc) is 2.30. The van der Waals surface area contributed by atoms with Gasteiger partial charge in [0.2, 0.25) is 0 Å². The maximum atomic E-state index is 11.8. The molecule has 0 bridgehead atoms. The fourth-order valence-corrected chi connectivity index (χ4v) is 2.62. The van der Waals surface area contributed by atoms with Crippen molar-refractivity contribution in [3.63, 3.8) is 0 Å². The monoisotopic (exact) mass is 258 g/mol. The summed E-state index contributed by atoms with van der Waals surface area (Å²) < 4.78 is 23.6. The summed E-state index contributed by atoms with van der Waals surface area (Å²) in [6, 6.07) is 8.12. The number of carbonyl (C=O) groups is 1. The SMILES string of the molecule is COOC(=O)CCCS(=O)(=O)c1ccccc1. The summed E-state index contributed by atoms with van der Waals surface area (Å²) in [5.74, 6) is -0.661. The number of hydrogen-bond donors (Lipinski definition) is 0. The summed E-state index contributed by atoms with van der Waals surface area (Å²) in [5.41, 5.74) is 0. The second kappa shape index (κ2) is 6.36. The Labute approximate surface area is 100 Å². The van der Waals surface area contributed by atoms with Gasteiger partial charge >= 0.3 is 5.97 Å². The topological polar surface area (TPSA) is 69.7 Å². The highest BCUT2D eigenvalue weighted by Crippen LogP contribution is 2.12. The van der Waals surface area contributed by atoms with Crippen LogP contribution in [0.25, 0.3) is 0 Å². The Kier molecular flexibility index (Phi) is 5.11. The Bertz CT molecular complexity index is 452. The van der Waals surface area contributed by atoms with Crippen molar-refractivity contribution in [1.82, 2.24) is 0 Å². The molecule has 0 aliphatic heterocycles. The van der Waals surface area contributed by atoms with E-state index in [4.69, 9.17) is 0 Å². The van der Waals surface area contributed by atoms with Crippen molar-refractivity contribution in [1.29, 1.82) is 0 Å². The van der Waals surface area contributed by atoms with Crippen LogP contribution in [0.4, 0.5) is 0 Å². The zero-order valence-electron chi connectivity index (χ0n) is 9.46. The van der Waals surface area contributed by atoms with E-state index in [1.807, 2.05) is 0 Å². The molecule has 94 valence electrons. The van der Waals surface area contributed by atoms with E-state index in [2.05, 4.69) is 9.78 Å². The smallest absolute Gasteiger partial charge is 0.299 e. The van der Waals surface area contributed by atoms with Gasteiger partial charge in [-0.25, -0.2) is 13.2 Å². The number of carbonyl (C=O) groups excluding carboxylic acids is 1. The Balaban J connectivity index is 2.49. The van der Waals surface area contributed by atoms with Crippen LogP contribution in [0.2, 0.25) is 0 Å². The number of sulfone groups is 1. The zero-order valence-corrected chi connectivity index (χ0v) is 10.3. The highest BCUT2D eigenvalue weighted by molar-refractivity contribution is 7.91. The fourth-order valence-electron chi connectivity index (χ4n) is 1.29. The molecule has 5 nitrogen and oxygen atoms in total. The third kappa shape index (κ3) is 4.54. The van der Waals surface area contributed by atoms with Gasteiger partial charge in [-0.15, -0.1) is 0 Å². The first kappa shape index (κ1) is 13.7. The van der Waals surface area contributed by atoms with Gasteiger partial charge < -0.3 is 0 Å². The van der Waals surface area contributed by atoms with Crippen LogP contribution in [0.3, 0.4) is 0 Å². The Morgan fingerprint density at radius 3 is 2.47 bits per heavy atom. The molecule has 1 rings (SSSR count). The van der Waals surface area contributed by atoms with Crippen LogP contribution in [-0.2, 0) is 24.4 Å². The third-order valence-corrected chi connectivity index (χ3v) is 3.89. The fraction of sp³-hybridized carbons (Fsp3) is 0.364. The second-order valence-corrected chi connectivity index (χ2v) is 5.47. The lowest BCUT2D eigenvalue weighted by Gasteiger charge is -2.03. The summed E-state index contributed by atoms with van der Waals surface area (Å²) in [6.07, 6.45) is 0.222. The lowest BCUT2D eigenvalue weighted by molar-refractivity contribution is -0.254. The number of rotatable bonds is 6. The molecule has 0 radical (unpaired) electrons.